The van der Waals surface area contributed by atoms with E-state index in [0.717, 1.165) is 4.79 Å². The Balaban J connectivity index is 2.03. The molecular weight excluding hydrogens is 333 g/mol. The van der Waals surface area contributed by atoms with E-state index in [4.69, 9.17) is 0 Å². The molecule has 3 rings (SSSR count). The first-order valence-electron chi connectivity index (χ1n) is 6.89. The molecule has 3 aromatic rings. The summed E-state index contributed by atoms with van der Waals surface area (Å²) < 4.78 is 37.9. The number of carbonyl (C=O) groups is 1. The van der Waals surface area contributed by atoms with E-state index in [2.05, 4.69) is 9.93 Å². The van der Waals surface area contributed by atoms with Gasteiger partial charge in [0, 0.05) is 5.56 Å². The SMILES string of the molecule is O=Cc1cc(-c2ccc(F)cc2)n(NS(=O)(=O)c2ccccc2)n1. The van der Waals surface area contributed by atoms with E-state index < -0.39 is 15.8 Å². The van der Waals surface area contributed by atoms with Gasteiger partial charge in [0.1, 0.15) is 11.5 Å². The molecule has 0 aliphatic rings. The third-order valence-corrected chi connectivity index (χ3v) is 4.56. The second kappa shape index (κ2) is 6.25. The zero-order chi connectivity index (χ0) is 17.2. The van der Waals surface area contributed by atoms with Gasteiger partial charge in [-0.1, -0.05) is 18.2 Å². The summed E-state index contributed by atoms with van der Waals surface area (Å²) in [5.41, 5.74) is 0.870. The molecule has 0 unspecified atom stereocenters. The number of sulfonamides is 1. The lowest BCUT2D eigenvalue weighted by molar-refractivity contribution is 0.111. The Kier molecular flexibility index (Phi) is 4.13. The summed E-state index contributed by atoms with van der Waals surface area (Å²) >= 11 is 0. The number of rotatable bonds is 5. The lowest BCUT2D eigenvalue weighted by Gasteiger charge is -2.11. The minimum atomic E-state index is -3.89. The van der Waals surface area contributed by atoms with E-state index in [1.54, 1.807) is 18.2 Å². The van der Waals surface area contributed by atoms with Gasteiger partial charge in [-0.3, -0.25) is 4.79 Å². The van der Waals surface area contributed by atoms with Gasteiger partial charge in [-0.15, -0.1) is 5.10 Å². The van der Waals surface area contributed by atoms with Gasteiger partial charge in [0.15, 0.2) is 6.29 Å². The van der Waals surface area contributed by atoms with Crippen LogP contribution in [0, 0.1) is 5.82 Å². The van der Waals surface area contributed by atoms with Gasteiger partial charge in [0.2, 0.25) is 0 Å². The van der Waals surface area contributed by atoms with Crippen molar-refractivity contribution in [3.63, 3.8) is 0 Å². The highest BCUT2D eigenvalue weighted by molar-refractivity contribution is 7.92. The van der Waals surface area contributed by atoms with E-state index in [9.17, 15) is 17.6 Å². The summed E-state index contributed by atoms with van der Waals surface area (Å²) in [7, 11) is -3.89. The molecule has 0 spiro atoms. The van der Waals surface area contributed by atoms with Crippen LogP contribution >= 0.6 is 0 Å². The molecule has 2 aromatic carbocycles. The fraction of sp³-hybridized carbons (Fsp3) is 0. The molecule has 0 amide bonds. The van der Waals surface area contributed by atoms with E-state index in [1.165, 1.54) is 42.5 Å². The number of nitrogens with one attached hydrogen (secondary N) is 1. The van der Waals surface area contributed by atoms with Crippen LogP contribution in [0.25, 0.3) is 11.3 Å². The van der Waals surface area contributed by atoms with Crippen molar-refractivity contribution in [2.45, 2.75) is 4.90 Å². The molecular formula is C16H12FN3O3S. The molecule has 122 valence electrons. The smallest absolute Gasteiger partial charge is 0.276 e. The quantitative estimate of drug-likeness (QED) is 0.720. The number of aldehydes is 1. The predicted octanol–water partition coefficient (Wildman–Crippen LogP) is 2.43. The number of hydrogen-bond acceptors (Lipinski definition) is 4. The molecule has 8 heteroatoms. The zero-order valence-electron chi connectivity index (χ0n) is 12.3. The molecule has 0 atom stereocenters. The number of hydrogen-bond donors (Lipinski definition) is 1. The van der Waals surface area contributed by atoms with Gasteiger partial charge < -0.3 is 0 Å². The standard InChI is InChI=1S/C16H12FN3O3S/c17-13-8-6-12(7-9-13)16-10-14(11-21)18-20(16)19-24(22,23)15-4-2-1-3-5-15/h1-11,19H. The summed E-state index contributed by atoms with van der Waals surface area (Å²) in [6.07, 6.45) is 0.500. The minimum Gasteiger partial charge on any atom is -0.296 e. The summed E-state index contributed by atoms with van der Waals surface area (Å²) in [4.78, 5) is 14.3. The lowest BCUT2D eigenvalue weighted by Crippen LogP contribution is -2.25. The maximum atomic E-state index is 13.1. The van der Waals surface area contributed by atoms with Crippen LogP contribution in [-0.4, -0.2) is 24.6 Å². The Hall–Kier alpha value is -3.00. The number of nitrogens with zero attached hydrogens (tertiary/aromatic N) is 2. The molecule has 1 N–H and O–H groups in total. The molecule has 0 radical (unpaired) electrons. The third kappa shape index (κ3) is 3.18. The molecule has 6 nitrogen and oxygen atoms in total. The molecule has 1 heterocycles. The highest BCUT2D eigenvalue weighted by Gasteiger charge is 2.18. The Morgan fingerprint density at radius 1 is 1.04 bits per heavy atom. The van der Waals surface area contributed by atoms with Crippen molar-refractivity contribution >= 4 is 16.3 Å². The van der Waals surface area contributed by atoms with E-state index in [0.29, 0.717) is 17.5 Å². The average molecular weight is 345 g/mol. The Morgan fingerprint density at radius 3 is 2.33 bits per heavy atom. The number of carbonyl (C=O) groups excluding carboxylic acids is 1. The fourth-order valence-corrected chi connectivity index (χ4v) is 3.11. The van der Waals surface area contributed by atoms with Crippen LogP contribution in [0.5, 0.6) is 0 Å². The van der Waals surface area contributed by atoms with Gasteiger partial charge in [0.25, 0.3) is 10.0 Å². The summed E-state index contributed by atoms with van der Waals surface area (Å²) in [5.74, 6) is -0.426. The third-order valence-electron chi connectivity index (χ3n) is 3.25. The van der Waals surface area contributed by atoms with Crippen molar-refractivity contribution in [2.24, 2.45) is 0 Å². The van der Waals surface area contributed by atoms with Gasteiger partial charge in [-0.25, -0.2) is 4.39 Å². The fourth-order valence-electron chi connectivity index (χ4n) is 2.12. The van der Waals surface area contributed by atoms with Crippen LogP contribution in [-0.2, 0) is 10.0 Å². The highest BCUT2D eigenvalue weighted by Crippen LogP contribution is 2.21. The molecule has 0 fully saturated rings. The minimum absolute atomic E-state index is 0.0464. The second-order valence-corrected chi connectivity index (χ2v) is 6.56. The first kappa shape index (κ1) is 15.9. The highest BCUT2D eigenvalue weighted by atomic mass is 32.2. The average Bonchev–Trinajstić information content (AvgIpc) is 2.98. The van der Waals surface area contributed by atoms with Gasteiger partial charge in [-0.2, -0.15) is 18.0 Å². The monoisotopic (exact) mass is 345 g/mol. The largest absolute Gasteiger partial charge is 0.296 e. The lowest BCUT2D eigenvalue weighted by atomic mass is 10.1. The summed E-state index contributed by atoms with van der Waals surface area (Å²) in [6, 6.07) is 14.6. The molecule has 0 bridgehead atoms. The van der Waals surface area contributed by atoms with Crippen LogP contribution in [0.3, 0.4) is 0 Å². The molecule has 24 heavy (non-hydrogen) atoms. The first-order chi connectivity index (χ1) is 11.5. The maximum absolute atomic E-state index is 13.1. The molecule has 1 aromatic heterocycles. The van der Waals surface area contributed by atoms with Crippen molar-refractivity contribution in [3.05, 3.63) is 72.2 Å². The molecule has 0 saturated carbocycles. The van der Waals surface area contributed by atoms with Crippen molar-refractivity contribution in [2.75, 3.05) is 4.83 Å². The van der Waals surface area contributed by atoms with Crippen molar-refractivity contribution < 1.29 is 17.6 Å². The van der Waals surface area contributed by atoms with Crippen molar-refractivity contribution in [3.8, 4) is 11.3 Å². The van der Waals surface area contributed by atoms with E-state index >= 15 is 0 Å². The first-order valence-corrected chi connectivity index (χ1v) is 8.37. The summed E-state index contributed by atoms with van der Waals surface area (Å²) in [6.45, 7) is 0. The topological polar surface area (TPSA) is 81.1 Å². The van der Waals surface area contributed by atoms with Crippen LogP contribution in [0.15, 0.2) is 65.6 Å². The Morgan fingerprint density at radius 2 is 1.71 bits per heavy atom. The summed E-state index contributed by atoms with van der Waals surface area (Å²) in [5, 5.41) is 3.90. The van der Waals surface area contributed by atoms with Crippen LogP contribution in [0.2, 0.25) is 0 Å². The Labute approximate surface area is 137 Å². The molecule has 0 saturated heterocycles. The number of halogens is 1. The molecule has 0 aliphatic heterocycles. The number of aromatic nitrogens is 2. The number of benzene rings is 2. The van der Waals surface area contributed by atoms with E-state index in [1.807, 2.05) is 0 Å². The van der Waals surface area contributed by atoms with E-state index in [-0.39, 0.29) is 10.6 Å². The zero-order valence-corrected chi connectivity index (χ0v) is 13.1. The van der Waals surface area contributed by atoms with Gasteiger partial charge in [-0.05, 0) is 42.5 Å². The predicted molar refractivity (Wildman–Crippen MR) is 86.0 cm³/mol. The van der Waals surface area contributed by atoms with Crippen molar-refractivity contribution in [1.82, 2.24) is 9.89 Å². The van der Waals surface area contributed by atoms with Crippen molar-refractivity contribution in [1.29, 1.82) is 0 Å². The molecule has 0 aliphatic carbocycles. The Bertz CT molecular complexity index is 968. The van der Waals surface area contributed by atoms with Gasteiger partial charge in [0.05, 0.1) is 10.6 Å². The van der Waals surface area contributed by atoms with Gasteiger partial charge >= 0.3 is 0 Å². The van der Waals surface area contributed by atoms with Crippen LogP contribution < -0.4 is 4.83 Å². The normalized spacial score (nSPS) is 11.2. The second-order valence-electron chi connectivity index (χ2n) is 4.90. The van der Waals surface area contributed by atoms with Crippen LogP contribution in [0.1, 0.15) is 10.5 Å². The van der Waals surface area contributed by atoms with Crippen LogP contribution in [0.4, 0.5) is 4.39 Å². The maximum Gasteiger partial charge on any atom is 0.276 e.